The quantitative estimate of drug-likeness (QED) is 0.0157. The molecule has 3 aliphatic rings. The number of aliphatic hydroxyl groups excluding tert-OH is 2. The third kappa shape index (κ3) is 36.6. The van der Waals surface area contributed by atoms with E-state index in [0.717, 1.165) is 32.4 Å². The fourth-order valence-corrected chi connectivity index (χ4v) is 15.6. The van der Waals surface area contributed by atoms with Gasteiger partial charge in [0.15, 0.2) is 17.3 Å². The van der Waals surface area contributed by atoms with Crippen molar-refractivity contribution in [2.75, 3.05) is 32.1 Å². The van der Waals surface area contributed by atoms with Crippen LogP contribution in [0.15, 0.2) is 12.2 Å². The molecule has 26 N–H and O–H groups in total. The number of hydrogen-bond acceptors (Lipinski definition) is 25. The number of carboxylic acids is 1. The van der Waals surface area contributed by atoms with E-state index in [-0.39, 0.29) is 107 Å². The summed E-state index contributed by atoms with van der Waals surface area (Å²) >= 11 is 1.80. The number of ether oxygens (including phenoxy) is 1. The van der Waals surface area contributed by atoms with Crippen LogP contribution in [0.4, 0.5) is 4.79 Å². The number of nitrogens with two attached hydrogens (primary N) is 5. The number of allylic oxidation sites excluding steroid dienone is 2. The number of primary amides is 4. The highest BCUT2D eigenvalue weighted by Gasteiger charge is 2.46. The summed E-state index contributed by atoms with van der Waals surface area (Å²) < 4.78 is 5.60. The second kappa shape index (κ2) is 52.4. The standard InChI is InChI=1S/C80H132N18O24S/c1-12-41(5)64(93-68(111)43(7)88-72(115)50(37-59(84)107)91-71(114)48(24-25-56(81)104)89-73(116)62(85)44(8)99)53(102)33-47(35-61(109)110)70(113)98-80(11)27-21-17-15-14-16-20-26-79(10,38-54(103)49(36-58(83)106)90-75(118)66(45(9)100)94-74(117)65(42(6)13-2)96-77(80)120)76(119)95-63(40(3)4)52(101)32-46(34-57(82)105)69(112)87-29-31-122-30-28-86-60(108)23-19-18-22-55-67-51(39-123-55)92-78(121)97-67/h14-15,40-51,55,62-67,99-100H,12-13,16-39,85H2,1-11H3,(H2,81,104)(H2,82,105)(H2,83,106)(H2,84,107)(H,86,108)(H,87,112)(H,88,115)(H,89,116)(H,90,118)(H,91,114)(H,93,111)(H,94,117)(H,95,119)(H,96,120)(H,98,113)(H,109,110)(H2,92,97,121)/b15-14-/t41-,42-,43-,44+,45+,46-,47-,48-,49-,50-,51-,55-,62-,63-,64-,65-,66-,67-,79+,80-/m0/s1. The van der Waals surface area contributed by atoms with E-state index in [0.29, 0.717) is 12.8 Å². The predicted molar refractivity (Wildman–Crippen MR) is 446 cm³/mol. The zero-order chi connectivity index (χ0) is 92.9. The predicted octanol–water partition coefficient (Wildman–Crippen LogP) is -4.04. The molecule has 0 spiro atoms. The van der Waals surface area contributed by atoms with Gasteiger partial charge in [0.1, 0.15) is 41.8 Å². The summed E-state index contributed by atoms with van der Waals surface area (Å²) in [7, 11) is 0. The number of unbranched alkanes of at least 4 members (excludes halogenated alkanes) is 1. The Morgan fingerprint density at radius 3 is 1.75 bits per heavy atom. The van der Waals surface area contributed by atoms with E-state index in [9.17, 15) is 106 Å². The molecule has 2 fully saturated rings. The van der Waals surface area contributed by atoms with Gasteiger partial charge in [-0.1, -0.05) is 79.9 Å². The highest BCUT2D eigenvalue weighted by molar-refractivity contribution is 8.00. The Kier molecular flexibility index (Phi) is 45.5. The Labute approximate surface area is 720 Å². The minimum atomic E-state index is -2.08. The molecule has 0 aromatic heterocycles. The monoisotopic (exact) mass is 1760 g/mol. The van der Waals surface area contributed by atoms with Crippen molar-refractivity contribution in [1.82, 2.24) is 69.1 Å². The van der Waals surface area contributed by atoms with Crippen LogP contribution in [0.25, 0.3) is 0 Å². The Bertz CT molecular complexity index is 3780. The first-order valence-electron chi connectivity index (χ1n) is 41.9. The Morgan fingerprint density at radius 2 is 1.18 bits per heavy atom. The average molecular weight is 1760 g/mol. The number of carboxylic acid groups (broad SMARTS) is 1. The number of rotatable bonds is 48. The molecule has 3 rings (SSSR count). The van der Waals surface area contributed by atoms with Crippen molar-refractivity contribution in [1.29, 1.82) is 0 Å². The lowest BCUT2D eigenvalue weighted by molar-refractivity contribution is -0.144. The zero-order valence-corrected chi connectivity index (χ0v) is 73.0. The molecule has 692 valence electrons. The van der Waals surface area contributed by atoms with Crippen LogP contribution in [-0.4, -0.2) is 255 Å². The van der Waals surface area contributed by atoms with Gasteiger partial charge in [0.2, 0.25) is 88.6 Å². The van der Waals surface area contributed by atoms with Crippen LogP contribution in [0.3, 0.4) is 0 Å². The van der Waals surface area contributed by atoms with Crippen LogP contribution >= 0.6 is 11.8 Å². The summed E-state index contributed by atoms with van der Waals surface area (Å²) in [5.74, 6) is -23.3. The maximum atomic E-state index is 15.0. The lowest BCUT2D eigenvalue weighted by Gasteiger charge is -2.35. The third-order valence-corrected chi connectivity index (χ3v) is 23.6. The van der Waals surface area contributed by atoms with Gasteiger partial charge >= 0.3 is 12.0 Å². The van der Waals surface area contributed by atoms with Crippen molar-refractivity contribution in [3.8, 4) is 0 Å². The van der Waals surface area contributed by atoms with E-state index in [1.807, 2.05) is 0 Å². The maximum absolute atomic E-state index is 15.0. The highest BCUT2D eigenvalue weighted by Crippen LogP contribution is 2.35. The lowest BCUT2D eigenvalue weighted by atomic mass is 9.77. The van der Waals surface area contributed by atoms with Crippen molar-refractivity contribution < 1.29 is 116 Å². The molecule has 3 heterocycles. The summed E-state index contributed by atoms with van der Waals surface area (Å²) in [5.41, 5.74) is 23.7. The molecule has 0 aromatic rings. The minimum Gasteiger partial charge on any atom is -0.481 e. The number of carbonyl (C=O) groups is 20. The summed E-state index contributed by atoms with van der Waals surface area (Å²) in [6.07, 6.45) is -3.04. The second-order valence-electron chi connectivity index (χ2n) is 33.1. The van der Waals surface area contributed by atoms with Gasteiger partial charge in [0.05, 0.1) is 92.1 Å². The van der Waals surface area contributed by atoms with E-state index in [1.54, 1.807) is 58.5 Å². The van der Waals surface area contributed by atoms with Crippen LogP contribution in [0.2, 0.25) is 0 Å². The van der Waals surface area contributed by atoms with Gasteiger partial charge in [0, 0.05) is 62.6 Å². The number of carbonyl (C=O) groups excluding carboxylic acids is 19. The van der Waals surface area contributed by atoms with E-state index >= 15 is 4.79 Å². The zero-order valence-electron chi connectivity index (χ0n) is 72.2. The smallest absolute Gasteiger partial charge is 0.315 e. The van der Waals surface area contributed by atoms with Gasteiger partial charge in [-0.25, -0.2) is 4.79 Å². The number of hydrogen-bond donors (Lipinski definition) is 21. The molecule has 17 amide bonds. The van der Waals surface area contributed by atoms with Crippen LogP contribution in [0, 0.1) is 35.0 Å². The number of ketones is 3. The van der Waals surface area contributed by atoms with Gasteiger partial charge in [0.25, 0.3) is 0 Å². The number of fused-ring (bicyclic) bond motifs is 1. The van der Waals surface area contributed by atoms with Crippen molar-refractivity contribution in [2.45, 2.75) is 300 Å². The number of amides is 17. The van der Waals surface area contributed by atoms with E-state index in [2.05, 4.69) is 69.1 Å². The normalized spacial score (nSPS) is 23.6. The van der Waals surface area contributed by atoms with Crippen molar-refractivity contribution in [3.63, 3.8) is 0 Å². The lowest BCUT2D eigenvalue weighted by Crippen LogP contribution is -2.64. The summed E-state index contributed by atoms with van der Waals surface area (Å²) in [4.78, 5) is 271. The first-order chi connectivity index (χ1) is 57.6. The summed E-state index contributed by atoms with van der Waals surface area (Å²) in [6.45, 7) is 15.9. The maximum Gasteiger partial charge on any atom is 0.315 e. The molecule has 0 bridgehead atoms. The SMILES string of the molecule is CC[C@H](C)[C@H](NC(=O)[C@H](C)NC(=O)[C@H](CC(N)=O)NC(=O)[C@H](CCC(N)=O)NC(=O)[C@@H](N)[C@@H](C)O)C(=O)C[C@@H](CC(=O)O)C(=O)N[C@@]1(C)CCC/C=C\CCC[C@@](C)(C(=O)N[C@H](C(=O)C[C@@H](CC(N)=O)C(=O)NCCOCCNC(=O)CCCC[C@@H]2SC[C@@H]3NC(=O)N[C@@H]32)C(C)C)CC(=O)[C@H](CC(N)=O)NC(=O)[C@H]([C@@H](C)O)NC(=O)[C@H]([C@@H](C)CC)NC1=O. The highest BCUT2D eigenvalue weighted by atomic mass is 32.2. The molecule has 0 radical (unpaired) electrons. The topological polar surface area (TPSA) is 698 Å². The molecule has 42 nitrogen and oxygen atoms in total. The molecule has 20 atom stereocenters. The second-order valence-corrected chi connectivity index (χ2v) is 34.3. The minimum absolute atomic E-state index is 0.0200. The molecular weight excluding hydrogens is 1630 g/mol. The molecule has 0 aromatic carbocycles. The molecule has 0 saturated carbocycles. The molecule has 123 heavy (non-hydrogen) atoms. The van der Waals surface area contributed by atoms with Crippen molar-refractivity contribution in [3.05, 3.63) is 12.2 Å². The van der Waals surface area contributed by atoms with E-state index in [1.165, 1.54) is 27.7 Å². The van der Waals surface area contributed by atoms with Gasteiger partial charge in [-0.05, 0) is 103 Å². The average Bonchev–Trinajstić information content (AvgIpc) is 1.77. The first-order valence-corrected chi connectivity index (χ1v) is 42.9. The Balaban J connectivity index is 1.92. The van der Waals surface area contributed by atoms with Gasteiger partial charge in [-0.15, -0.1) is 0 Å². The molecule has 0 unspecified atom stereocenters. The third-order valence-electron chi connectivity index (χ3n) is 22.1. The number of aliphatic hydroxyl groups is 2. The van der Waals surface area contributed by atoms with E-state index in [4.69, 9.17) is 33.4 Å². The Hall–Kier alpha value is -10.3. The van der Waals surface area contributed by atoms with Crippen molar-refractivity contribution >= 4 is 130 Å². The Morgan fingerprint density at radius 1 is 0.593 bits per heavy atom. The van der Waals surface area contributed by atoms with E-state index < -0.39 is 271 Å². The molecule has 2 saturated heterocycles. The number of aliphatic carboxylic acids is 1. The van der Waals surface area contributed by atoms with Gasteiger partial charge in [-0.3, -0.25) is 91.1 Å². The van der Waals surface area contributed by atoms with Crippen LogP contribution in [0.1, 0.15) is 211 Å². The van der Waals surface area contributed by atoms with Gasteiger partial charge in [-0.2, -0.15) is 11.8 Å². The molecule has 0 aliphatic carbocycles. The fraction of sp³-hybridized carbons (Fsp3) is 0.725. The number of Topliss-reactive ketones (excluding diaryl/α,β-unsaturated/α-hetero) is 3. The number of urea groups is 1. The number of nitrogens with one attached hydrogen (secondary N) is 13. The summed E-state index contributed by atoms with van der Waals surface area (Å²) in [5, 5.41) is 64.9. The van der Waals surface area contributed by atoms with Crippen molar-refractivity contribution in [2.24, 2.45) is 63.7 Å². The fourth-order valence-electron chi connectivity index (χ4n) is 14.1. The first kappa shape index (κ1) is 107. The molecular formula is C80H132N18O24S. The molecule has 3 aliphatic heterocycles. The van der Waals surface area contributed by atoms with Crippen LogP contribution < -0.4 is 97.8 Å². The largest absolute Gasteiger partial charge is 0.481 e. The number of thioether (sulfide) groups is 1. The summed E-state index contributed by atoms with van der Waals surface area (Å²) in [6, 6.07) is -14.8. The van der Waals surface area contributed by atoms with Gasteiger partial charge < -0.3 is 118 Å². The molecule has 43 heteroatoms. The van der Waals surface area contributed by atoms with Crippen LogP contribution in [-0.2, 0) is 95.8 Å². The van der Waals surface area contributed by atoms with Crippen LogP contribution in [0.5, 0.6) is 0 Å².